The first-order chi connectivity index (χ1) is 20.4. The molecule has 1 aliphatic heterocycles. The average Bonchev–Trinajstić information content (AvgIpc) is 3.56. The molecular formula is C42H46Hf. The van der Waals surface area contributed by atoms with Crippen LogP contribution in [0.3, 0.4) is 0 Å². The molecule has 2 atom stereocenters. The average molecular weight is 729 g/mol. The molecule has 1 heteroatoms. The number of hydrogen-bond donors (Lipinski definition) is 0. The molecule has 7 rings (SSSR count). The molecule has 0 saturated carbocycles. The van der Waals surface area contributed by atoms with E-state index in [2.05, 4.69) is 143 Å². The molecular weight excluding hydrogens is 683 g/mol. The van der Waals surface area contributed by atoms with E-state index in [0.717, 1.165) is 0 Å². The molecule has 0 aromatic heterocycles. The third-order valence-electron chi connectivity index (χ3n) is 11.1. The van der Waals surface area contributed by atoms with Gasteiger partial charge < -0.3 is 0 Å². The van der Waals surface area contributed by atoms with E-state index in [1.807, 2.05) is 0 Å². The summed E-state index contributed by atoms with van der Waals surface area (Å²) in [7, 11) is 0. The fourth-order valence-corrected chi connectivity index (χ4v) is 26.7. The minimum absolute atomic E-state index is 0.0505. The van der Waals surface area contributed by atoms with Gasteiger partial charge in [0.15, 0.2) is 0 Å². The molecule has 0 N–H and O–H groups in total. The van der Waals surface area contributed by atoms with Gasteiger partial charge >= 0.3 is 266 Å². The number of aryl methyl sites for hydroxylation is 4. The van der Waals surface area contributed by atoms with Gasteiger partial charge in [0, 0.05) is 0 Å². The first-order valence-electron chi connectivity index (χ1n) is 16.3. The molecule has 218 valence electrons. The van der Waals surface area contributed by atoms with Crippen molar-refractivity contribution in [3.8, 4) is 22.3 Å². The molecule has 1 heterocycles. The molecule has 43 heavy (non-hydrogen) atoms. The Labute approximate surface area is 264 Å². The molecule has 3 aliphatic rings. The first-order valence-corrected chi connectivity index (χ1v) is 27.6. The maximum atomic E-state index is 2.78. The summed E-state index contributed by atoms with van der Waals surface area (Å²) in [5.41, 5.74) is 20.8. The van der Waals surface area contributed by atoms with Gasteiger partial charge in [-0.15, -0.1) is 0 Å². The second-order valence-corrected chi connectivity index (χ2v) is 32.3. The maximum absolute atomic E-state index is 3.10. The van der Waals surface area contributed by atoms with Crippen molar-refractivity contribution in [3.05, 3.63) is 128 Å². The van der Waals surface area contributed by atoms with Gasteiger partial charge in [-0.05, 0) is 0 Å². The van der Waals surface area contributed by atoms with Crippen LogP contribution in [0.4, 0.5) is 0 Å². The van der Waals surface area contributed by atoms with Crippen LogP contribution in [0.2, 0.25) is 9.36 Å². The number of benzene rings is 4. The van der Waals surface area contributed by atoms with E-state index in [0.29, 0.717) is 13.3 Å². The van der Waals surface area contributed by atoms with Crippen LogP contribution in [0.5, 0.6) is 0 Å². The molecule has 4 aromatic rings. The molecule has 0 bridgehead atoms. The van der Waals surface area contributed by atoms with Crippen LogP contribution in [0.25, 0.3) is 34.4 Å². The Balaban J connectivity index is 1.48. The second kappa shape index (κ2) is 10.1. The van der Waals surface area contributed by atoms with Crippen LogP contribution in [0, 0.1) is 39.0 Å². The Morgan fingerprint density at radius 2 is 1.07 bits per heavy atom. The van der Waals surface area contributed by atoms with Crippen LogP contribution in [0.1, 0.15) is 79.0 Å². The summed E-state index contributed by atoms with van der Waals surface area (Å²) in [5.74, 6) is 0.621. The van der Waals surface area contributed by atoms with Crippen LogP contribution < -0.4 is 0 Å². The SMILES string of the molecule is Cc1ccc(C)c(-c2cccc3c2C=C2[CH]3[Hf]([CH3])([CH3])[CH]3C(=Cc4c(-c5cc(C)ccc5C)cccc43)C2(C)CC(C)C)c1. The standard InChI is InChI=1S/C40H40.2CH3.Hf/c1-25(2)24-40(7,32-20-30-10-8-12-34(38(30)22-32)36-18-26(3)14-16-28(36)5)33-21-31-11-9-13-35(39(31)23-33)37-19-27(4)15-17-29(37)6;;;/h8-23,25H,24H2,1-7H3;2*1H3;. The summed E-state index contributed by atoms with van der Waals surface area (Å²) in [4.78, 5) is 0. The van der Waals surface area contributed by atoms with Gasteiger partial charge in [-0.2, -0.15) is 0 Å². The van der Waals surface area contributed by atoms with Gasteiger partial charge in [-0.25, -0.2) is 0 Å². The molecule has 0 nitrogen and oxygen atoms in total. The normalized spacial score (nSPS) is 22.9. The van der Waals surface area contributed by atoms with Crippen molar-refractivity contribution in [1.82, 2.24) is 0 Å². The predicted molar refractivity (Wildman–Crippen MR) is 183 cm³/mol. The Morgan fingerprint density at radius 3 is 1.49 bits per heavy atom. The van der Waals surface area contributed by atoms with Crippen LogP contribution in [-0.4, -0.2) is 0 Å². The molecule has 0 amide bonds. The molecule has 4 aromatic carbocycles. The molecule has 2 aliphatic carbocycles. The molecule has 2 unspecified atom stereocenters. The molecule has 0 radical (unpaired) electrons. The summed E-state index contributed by atoms with van der Waals surface area (Å²) in [5, 5.41) is 0. The van der Waals surface area contributed by atoms with E-state index in [4.69, 9.17) is 0 Å². The van der Waals surface area contributed by atoms with Crippen molar-refractivity contribution in [2.75, 3.05) is 0 Å². The van der Waals surface area contributed by atoms with E-state index in [1.165, 1.54) is 62.1 Å². The number of allylic oxidation sites excluding steroid dienone is 2. The van der Waals surface area contributed by atoms with E-state index >= 15 is 0 Å². The summed E-state index contributed by atoms with van der Waals surface area (Å²) >= 11 is -3.10. The number of fused-ring (bicyclic) bond motifs is 6. The molecule has 1 fully saturated rings. The van der Waals surface area contributed by atoms with Crippen molar-refractivity contribution in [2.45, 2.75) is 71.6 Å². The van der Waals surface area contributed by atoms with Crippen molar-refractivity contribution in [1.29, 1.82) is 0 Å². The zero-order chi connectivity index (χ0) is 30.4. The summed E-state index contributed by atoms with van der Waals surface area (Å²) in [6.45, 7) is 16.5. The van der Waals surface area contributed by atoms with Crippen LogP contribution >= 0.6 is 0 Å². The van der Waals surface area contributed by atoms with Gasteiger partial charge in [-0.3, -0.25) is 0 Å². The molecule has 1 saturated heterocycles. The van der Waals surface area contributed by atoms with E-state index in [1.54, 1.807) is 22.3 Å². The fourth-order valence-electron chi connectivity index (χ4n) is 9.27. The number of hydrogen-bond acceptors (Lipinski definition) is 0. The van der Waals surface area contributed by atoms with E-state index in [9.17, 15) is 0 Å². The predicted octanol–water partition coefficient (Wildman–Crippen LogP) is 12.1. The van der Waals surface area contributed by atoms with E-state index in [-0.39, 0.29) is 5.41 Å². The van der Waals surface area contributed by atoms with Crippen LogP contribution in [0.15, 0.2) is 83.9 Å². The molecule has 0 spiro atoms. The third kappa shape index (κ3) is 4.32. The van der Waals surface area contributed by atoms with Gasteiger partial charge in [0.2, 0.25) is 0 Å². The monoisotopic (exact) mass is 730 g/mol. The minimum atomic E-state index is -3.10. The topological polar surface area (TPSA) is 0 Å². The second-order valence-electron chi connectivity index (χ2n) is 15.1. The Morgan fingerprint density at radius 1 is 0.628 bits per heavy atom. The van der Waals surface area contributed by atoms with Crippen molar-refractivity contribution in [2.24, 2.45) is 11.3 Å². The summed E-state index contributed by atoms with van der Waals surface area (Å²) < 4.78 is 6.76. The zero-order valence-electron chi connectivity index (χ0n) is 27.5. The Bertz CT molecular complexity index is 1730. The van der Waals surface area contributed by atoms with Crippen molar-refractivity contribution < 1.29 is 20.0 Å². The van der Waals surface area contributed by atoms with Gasteiger partial charge in [0.1, 0.15) is 0 Å². The summed E-state index contributed by atoms with van der Waals surface area (Å²) in [6, 6.07) is 28.3. The number of rotatable bonds is 4. The zero-order valence-corrected chi connectivity index (χ0v) is 31.1. The first kappa shape index (κ1) is 29.0. The fraction of sp³-hybridized carbons (Fsp3) is 0.333. The Hall–Kier alpha value is -2.77. The summed E-state index contributed by atoms with van der Waals surface area (Å²) in [6.07, 6.45) is 6.57. The van der Waals surface area contributed by atoms with Crippen molar-refractivity contribution >= 4 is 12.2 Å². The van der Waals surface area contributed by atoms with E-state index < -0.39 is 20.0 Å². The van der Waals surface area contributed by atoms with Crippen molar-refractivity contribution in [3.63, 3.8) is 0 Å². The van der Waals surface area contributed by atoms with Crippen LogP contribution in [-0.2, 0) is 20.0 Å². The quantitative estimate of drug-likeness (QED) is 0.184. The van der Waals surface area contributed by atoms with Gasteiger partial charge in [0.25, 0.3) is 0 Å². The van der Waals surface area contributed by atoms with Gasteiger partial charge in [-0.1, -0.05) is 0 Å². The Kier molecular flexibility index (Phi) is 6.83. The third-order valence-corrected chi connectivity index (χ3v) is 26.2. The van der Waals surface area contributed by atoms with Gasteiger partial charge in [0.05, 0.1) is 0 Å².